The van der Waals surface area contributed by atoms with Gasteiger partial charge in [-0.1, -0.05) is 13.3 Å². The first-order chi connectivity index (χ1) is 4.91. The summed E-state index contributed by atoms with van der Waals surface area (Å²) in [6, 6.07) is 12.5. The molecule has 72 valence electrons. The monoisotopic (exact) mass is 388 g/mol. The van der Waals surface area contributed by atoms with Gasteiger partial charge < -0.3 is 47.9 Å². The summed E-state index contributed by atoms with van der Waals surface area (Å²) in [6.07, 6.45) is 2.28. The van der Waals surface area contributed by atoms with Crippen LogP contribution < -0.4 is 41.0 Å². The number of halogens is 2. The number of unbranched alkanes of at least 4 members (excludes halogenated alkanes) is 1. The molecule has 14 heavy (non-hydrogen) atoms. The SMILES string of the molecule is [Br-].[CH2-]CCC.[I-].[Mg+2].[Mg+2].[c-]1ccccc1. The maximum absolute atomic E-state index is 3.60. The van der Waals surface area contributed by atoms with E-state index in [1.807, 2.05) is 30.3 Å². The van der Waals surface area contributed by atoms with E-state index in [0.29, 0.717) is 0 Å². The molecule has 0 aromatic heterocycles. The van der Waals surface area contributed by atoms with Gasteiger partial charge in [0.15, 0.2) is 0 Å². The molecule has 0 aliphatic heterocycles. The average Bonchev–Trinajstić information content (AvgIpc) is 2.08. The molecular weight excluding hydrogens is 376 g/mol. The third-order valence-corrected chi connectivity index (χ3v) is 0.961. The van der Waals surface area contributed by atoms with Crippen molar-refractivity contribution in [2.75, 3.05) is 0 Å². The smallest absolute Gasteiger partial charge is 1.00 e. The van der Waals surface area contributed by atoms with Crippen molar-refractivity contribution in [2.45, 2.75) is 19.8 Å². The molecule has 0 heterocycles. The Morgan fingerprint density at radius 2 is 1.43 bits per heavy atom. The molecule has 1 aromatic carbocycles. The Bertz CT molecular complexity index is 110. The molecule has 0 atom stereocenters. The first-order valence-corrected chi connectivity index (χ1v) is 3.62. The van der Waals surface area contributed by atoms with Crippen LogP contribution in [-0.4, -0.2) is 46.1 Å². The second-order valence-electron chi connectivity index (χ2n) is 1.93. The molecule has 0 aliphatic carbocycles. The van der Waals surface area contributed by atoms with Crippen molar-refractivity contribution in [3.63, 3.8) is 0 Å². The molecule has 0 bridgehead atoms. The largest absolute Gasteiger partial charge is 2.00 e. The van der Waals surface area contributed by atoms with Crippen molar-refractivity contribution >= 4 is 46.1 Å². The first-order valence-electron chi connectivity index (χ1n) is 3.62. The minimum absolute atomic E-state index is 0. The fraction of sp³-hybridized carbons (Fsp3) is 0.300. The topological polar surface area (TPSA) is 0 Å². The Morgan fingerprint density at radius 1 is 1.07 bits per heavy atom. The van der Waals surface area contributed by atoms with Crippen LogP contribution in [0.4, 0.5) is 0 Å². The fourth-order valence-electron chi connectivity index (χ4n) is 0.342. The van der Waals surface area contributed by atoms with Gasteiger partial charge in [0.25, 0.3) is 0 Å². The molecule has 0 fully saturated rings. The van der Waals surface area contributed by atoms with Crippen LogP contribution in [0.15, 0.2) is 30.3 Å². The quantitative estimate of drug-likeness (QED) is 0.264. The molecular formula is C10H14BrIMg2. The van der Waals surface area contributed by atoms with Gasteiger partial charge >= 0.3 is 46.1 Å². The molecule has 4 heteroatoms. The van der Waals surface area contributed by atoms with E-state index in [1.165, 1.54) is 6.42 Å². The van der Waals surface area contributed by atoms with E-state index >= 15 is 0 Å². The summed E-state index contributed by atoms with van der Waals surface area (Å²) in [6.45, 7) is 5.72. The second kappa shape index (κ2) is 29.4. The van der Waals surface area contributed by atoms with Crippen molar-refractivity contribution in [2.24, 2.45) is 0 Å². The molecule has 0 N–H and O–H groups in total. The summed E-state index contributed by atoms with van der Waals surface area (Å²) < 4.78 is 0. The minimum Gasteiger partial charge on any atom is -1.00 e. The Morgan fingerprint density at radius 3 is 1.50 bits per heavy atom. The number of hydrogen-bond acceptors (Lipinski definition) is 0. The minimum atomic E-state index is 0. The van der Waals surface area contributed by atoms with Crippen molar-refractivity contribution in [3.8, 4) is 0 Å². The van der Waals surface area contributed by atoms with E-state index in [0.717, 1.165) is 6.42 Å². The van der Waals surface area contributed by atoms with Gasteiger partial charge in [-0.3, -0.25) is 0 Å². The third-order valence-electron chi connectivity index (χ3n) is 0.961. The Kier molecular flexibility index (Phi) is 62.4. The van der Waals surface area contributed by atoms with Crippen molar-refractivity contribution in [3.05, 3.63) is 43.3 Å². The van der Waals surface area contributed by atoms with Crippen molar-refractivity contribution in [1.29, 1.82) is 0 Å². The summed E-state index contributed by atoms with van der Waals surface area (Å²) in [4.78, 5) is 0. The maximum atomic E-state index is 3.60. The molecule has 0 aliphatic rings. The van der Waals surface area contributed by atoms with Gasteiger partial charge in [-0.25, -0.2) is 0 Å². The predicted molar refractivity (Wildman–Crippen MR) is 57.1 cm³/mol. The van der Waals surface area contributed by atoms with Crippen LogP contribution in [-0.2, 0) is 0 Å². The Balaban J connectivity index is -0.0000000315. The molecule has 0 saturated heterocycles. The zero-order valence-electron chi connectivity index (χ0n) is 8.68. The van der Waals surface area contributed by atoms with Gasteiger partial charge in [0.05, 0.1) is 0 Å². The predicted octanol–water partition coefficient (Wildman–Crippen LogP) is -3.65. The normalized spacial score (nSPS) is 5.57. The van der Waals surface area contributed by atoms with Crippen LogP contribution in [0.2, 0.25) is 0 Å². The number of benzene rings is 1. The van der Waals surface area contributed by atoms with E-state index in [1.54, 1.807) is 0 Å². The first kappa shape index (κ1) is 29.7. The van der Waals surface area contributed by atoms with E-state index in [-0.39, 0.29) is 87.1 Å². The fourth-order valence-corrected chi connectivity index (χ4v) is 0.342. The number of rotatable bonds is 1. The van der Waals surface area contributed by atoms with E-state index in [2.05, 4.69) is 19.9 Å². The van der Waals surface area contributed by atoms with Crippen LogP contribution in [0, 0.1) is 13.0 Å². The molecule has 1 aromatic rings. The molecule has 0 unspecified atom stereocenters. The van der Waals surface area contributed by atoms with Gasteiger partial charge in [-0.2, -0.15) is 42.8 Å². The zero-order chi connectivity index (χ0) is 7.66. The van der Waals surface area contributed by atoms with Gasteiger partial charge in [0.2, 0.25) is 0 Å². The average molecular weight is 390 g/mol. The molecule has 1 rings (SSSR count). The van der Waals surface area contributed by atoms with Crippen LogP contribution in [0.3, 0.4) is 0 Å². The second-order valence-corrected chi connectivity index (χ2v) is 1.93. The number of hydrogen-bond donors (Lipinski definition) is 0. The maximum Gasteiger partial charge on any atom is 2.00 e. The van der Waals surface area contributed by atoms with Crippen LogP contribution in [0.25, 0.3) is 0 Å². The van der Waals surface area contributed by atoms with E-state index in [4.69, 9.17) is 0 Å². The summed E-state index contributed by atoms with van der Waals surface area (Å²) in [5.41, 5.74) is 0. The molecule has 0 spiro atoms. The van der Waals surface area contributed by atoms with Crippen molar-refractivity contribution < 1.29 is 41.0 Å². The van der Waals surface area contributed by atoms with Gasteiger partial charge in [0, 0.05) is 0 Å². The Labute approximate surface area is 148 Å². The Hall–Kier alpha value is 1.96. The summed E-state index contributed by atoms with van der Waals surface area (Å²) >= 11 is 0. The van der Waals surface area contributed by atoms with Crippen LogP contribution in [0.5, 0.6) is 0 Å². The summed E-state index contributed by atoms with van der Waals surface area (Å²) in [5, 5.41) is 0. The van der Waals surface area contributed by atoms with E-state index in [9.17, 15) is 0 Å². The van der Waals surface area contributed by atoms with Crippen LogP contribution in [0.1, 0.15) is 19.8 Å². The van der Waals surface area contributed by atoms with Gasteiger partial charge in [-0.05, 0) is 0 Å². The zero-order valence-corrected chi connectivity index (χ0v) is 15.3. The summed E-state index contributed by atoms with van der Waals surface area (Å²) in [7, 11) is 0. The third kappa shape index (κ3) is 29.2. The summed E-state index contributed by atoms with van der Waals surface area (Å²) in [5.74, 6) is 0. The molecule has 0 saturated carbocycles. The molecule has 0 amide bonds. The van der Waals surface area contributed by atoms with Crippen LogP contribution >= 0.6 is 0 Å². The van der Waals surface area contributed by atoms with Crippen molar-refractivity contribution in [1.82, 2.24) is 0 Å². The van der Waals surface area contributed by atoms with Gasteiger partial charge in [0.1, 0.15) is 0 Å². The van der Waals surface area contributed by atoms with E-state index < -0.39 is 0 Å². The molecule has 0 radical (unpaired) electrons. The standard InChI is InChI=1S/C6H5.C4H9.BrH.HI.2Mg/c1-2-4-6-5-3-1;1-3-4-2;;;;/h1-5H;1,3-4H2,2H3;2*1H;;/q2*-1;;;2*+2/p-2. The van der Waals surface area contributed by atoms with Gasteiger partial charge in [-0.15, -0.1) is 0 Å². The molecule has 0 nitrogen and oxygen atoms in total.